The molecule has 0 atom stereocenters. The summed E-state index contributed by atoms with van der Waals surface area (Å²) in [4.78, 5) is 17.5. The Morgan fingerprint density at radius 3 is 2.60 bits per heavy atom. The van der Waals surface area contributed by atoms with Gasteiger partial charge in [0.15, 0.2) is 0 Å². The predicted molar refractivity (Wildman–Crippen MR) is 79.2 cm³/mol. The van der Waals surface area contributed by atoms with E-state index >= 15 is 0 Å². The van der Waals surface area contributed by atoms with Crippen molar-refractivity contribution in [2.75, 3.05) is 11.9 Å². The third kappa shape index (κ3) is 2.96. The van der Waals surface area contributed by atoms with E-state index in [1.54, 1.807) is 12.1 Å². The number of hydrogen-bond donors (Lipinski definition) is 1. The second-order valence-corrected chi connectivity index (χ2v) is 4.92. The average molecular weight is 270 g/mol. The molecule has 0 spiro atoms. The highest BCUT2D eigenvalue weighted by Crippen LogP contribution is 2.23. The summed E-state index contributed by atoms with van der Waals surface area (Å²) in [6.45, 7) is 4.48. The third-order valence-corrected chi connectivity index (χ3v) is 3.34. The molecule has 0 aliphatic heterocycles. The number of hydrogen-bond acceptors (Lipinski definition) is 3. The normalized spacial score (nSPS) is 10.3. The summed E-state index contributed by atoms with van der Waals surface area (Å²) < 4.78 is 0. The van der Waals surface area contributed by atoms with Crippen LogP contribution < -0.4 is 4.90 Å². The van der Waals surface area contributed by atoms with E-state index in [2.05, 4.69) is 4.98 Å². The number of anilines is 1. The van der Waals surface area contributed by atoms with Crippen molar-refractivity contribution in [2.24, 2.45) is 0 Å². The molecule has 0 saturated carbocycles. The zero-order valence-corrected chi connectivity index (χ0v) is 11.9. The Hall–Kier alpha value is -2.36. The summed E-state index contributed by atoms with van der Waals surface area (Å²) in [6, 6.07) is 9.35. The van der Waals surface area contributed by atoms with Gasteiger partial charge >= 0.3 is 5.97 Å². The van der Waals surface area contributed by atoms with E-state index in [4.69, 9.17) is 5.11 Å². The van der Waals surface area contributed by atoms with Crippen LogP contribution in [0.5, 0.6) is 0 Å². The van der Waals surface area contributed by atoms with Crippen LogP contribution in [0.2, 0.25) is 0 Å². The fraction of sp³-hybridized carbons (Fsp3) is 0.250. The minimum atomic E-state index is -0.894. The molecular formula is C16H18N2O2. The first kappa shape index (κ1) is 14.1. The lowest BCUT2D eigenvalue weighted by molar-refractivity contribution is 0.0696. The molecule has 0 aliphatic rings. The maximum Gasteiger partial charge on any atom is 0.336 e. The summed E-state index contributed by atoms with van der Waals surface area (Å²) >= 11 is 0. The molecule has 2 aromatic rings. The highest BCUT2D eigenvalue weighted by Gasteiger charge is 2.12. The molecule has 1 heterocycles. The number of benzene rings is 1. The topological polar surface area (TPSA) is 53.4 Å². The second kappa shape index (κ2) is 5.74. The number of aryl methyl sites for hydroxylation is 1. The number of rotatable bonds is 4. The zero-order chi connectivity index (χ0) is 14.7. The van der Waals surface area contributed by atoms with Crippen LogP contribution in [0.3, 0.4) is 0 Å². The Balaban J connectivity index is 2.25. The zero-order valence-electron chi connectivity index (χ0n) is 11.9. The molecule has 0 aliphatic carbocycles. The summed E-state index contributed by atoms with van der Waals surface area (Å²) in [6.07, 6.45) is 1.85. The van der Waals surface area contributed by atoms with Crippen molar-refractivity contribution in [1.29, 1.82) is 0 Å². The van der Waals surface area contributed by atoms with Crippen molar-refractivity contribution in [1.82, 2.24) is 4.98 Å². The van der Waals surface area contributed by atoms with Gasteiger partial charge in [0, 0.05) is 31.2 Å². The maximum atomic E-state index is 11.2. The molecule has 20 heavy (non-hydrogen) atoms. The van der Waals surface area contributed by atoms with Crippen molar-refractivity contribution in [3.8, 4) is 0 Å². The maximum absolute atomic E-state index is 11.2. The number of carboxylic acid groups (broad SMARTS) is 1. The van der Waals surface area contributed by atoms with E-state index in [-0.39, 0.29) is 0 Å². The number of nitrogens with zero attached hydrogens (tertiary/aromatic N) is 2. The van der Waals surface area contributed by atoms with Gasteiger partial charge in [-0.25, -0.2) is 4.79 Å². The standard InChI is InChI=1S/C16H18N2O2/c1-11-7-8-13(9-17-11)10-18(3)15-6-4-5-14(12(15)2)16(19)20/h4-9H,10H2,1-3H3,(H,19,20). The van der Waals surface area contributed by atoms with E-state index in [0.29, 0.717) is 12.1 Å². The van der Waals surface area contributed by atoms with Gasteiger partial charge in [0.1, 0.15) is 0 Å². The molecule has 4 heteroatoms. The number of pyridine rings is 1. The van der Waals surface area contributed by atoms with Crippen LogP contribution in [0, 0.1) is 13.8 Å². The SMILES string of the molecule is Cc1ccc(CN(C)c2cccc(C(=O)O)c2C)cn1. The summed E-state index contributed by atoms with van der Waals surface area (Å²) in [7, 11) is 1.95. The molecule has 0 unspecified atom stereocenters. The van der Waals surface area contributed by atoms with E-state index in [0.717, 1.165) is 22.5 Å². The smallest absolute Gasteiger partial charge is 0.336 e. The van der Waals surface area contributed by atoms with Crippen LogP contribution in [0.25, 0.3) is 0 Å². The summed E-state index contributed by atoms with van der Waals surface area (Å²) in [5.41, 5.74) is 4.13. The fourth-order valence-electron chi connectivity index (χ4n) is 2.22. The van der Waals surface area contributed by atoms with Gasteiger partial charge in [0.25, 0.3) is 0 Å². The minimum Gasteiger partial charge on any atom is -0.478 e. The van der Waals surface area contributed by atoms with Crippen LogP contribution in [-0.4, -0.2) is 23.1 Å². The van der Waals surface area contributed by atoms with E-state index in [9.17, 15) is 4.79 Å². The summed E-state index contributed by atoms with van der Waals surface area (Å²) in [5.74, 6) is -0.894. The van der Waals surface area contributed by atoms with Gasteiger partial charge in [-0.05, 0) is 43.2 Å². The van der Waals surface area contributed by atoms with Crippen molar-refractivity contribution in [2.45, 2.75) is 20.4 Å². The summed E-state index contributed by atoms with van der Waals surface area (Å²) in [5, 5.41) is 9.16. The molecule has 0 bridgehead atoms. The Morgan fingerprint density at radius 1 is 1.25 bits per heavy atom. The van der Waals surface area contributed by atoms with Crippen molar-refractivity contribution in [3.63, 3.8) is 0 Å². The number of carbonyl (C=O) groups is 1. The number of carboxylic acids is 1. The fourth-order valence-corrected chi connectivity index (χ4v) is 2.22. The van der Waals surface area contributed by atoms with Crippen molar-refractivity contribution < 1.29 is 9.90 Å². The molecule has 1 aromatic heterocycles. The second-order valence-electron chi connectivity index (χ2n) is 4.92. The number of aromatic carboxylic acids is 1. The van der Waals surface area contributed by atoms with Crippen LogP contribution >= 0.6 is 0 Å². The third-order valence-electron chi connectivity index (χ3n) is 3.34. The predicted octanol–water partition coefficient (Wildman–Crippen LogP) is 3.03. The minimum absolute atomic E-state index is 0.344. The molecule has 1 N–H and O–H groups in total. The first-order valence-corrected chi connectivity index (χ1v) is 6.44. The molecule has 0 amide bonds. The van der Waals surface area contributed by atoms with E-state index in [1.165, 1.54) is 0 Å². The van der Waals surface area contributed by atoms with Gasteiger partial charge in [-0.1, -0.05) is 12.1 Å². The average Bonchev–Trinajstić information content (AvgIpc) is 2.41. The molecule has 0 fully saturated rings. The van der Waals surface area contributed by atoms with Gasteiger partial charge in [0.2, 0.25) is 0 Å². The number of aromatic nitrogens is 1. The molecule has 2 rings (SSSR count). The molecule has 0 saturated heterocycles. The van der Waals surface area contributed by atoms with Crippen LogP contribution in [-0.2, 0) is 6.54 Å². The van der Waals surface area contributed by atoms with Crippen molar-refractivity contribution >= 4 is 11.7 Å². The highest BCUT2D eigenvalue weighted by molar-refractivity contribution is 5.91. The van der Waals surface area contributed by atoms with E-state index < -0.39 is 5.97 Å². The lowest BCUT2D eigenvalue weighted by atomic mass is 10.1. The first-order chi connectivity index (χ1) is 9.49. The Labute approximate surface area is 118 Å². The van der Waals surface area contributed by atoms with Crippen LogP contribution in [0.15, 0.2) is 36.5 Å². The largest absolute Gasteiger partial charge is 0.478 e. The lowest BCUT2D eigenvalue weighted by Crippen LogP contribution is -2.18. The van der Waals surface area contributed by atoms with Gasteiger partial charge in [-0.15, -0.1) is 0 Å². The molecule has 0 radical (unpaired) electrons. The van der Waals surface area contributed by atoms with Gasteiger partial charge in [0.05, 0.1) is 5.56 Å². The first-order valence-electron chi connectivity index (χ1n) is 6.44. The van der Waals surface area contributed by atoms with Gasteiger partial charge in [-0.3, -0.25) is 4.98 Å². The molecule has 4 nitrogen and oxygen atoms in total. The van der Waals surface area contributed by atoms with Crippen LogP contribution in [0.4, 0.5) is 5.69 Å². The quantitative estimate of drug-likeness (QED) is 0.927. The molecule has 1 aromatic carbocycles. The molecule has 104 valence electrons. The monoisotopic (exact) mass is 270 g/mol. The van der Waals surface area contributed by atoms with E-state index in [1.807, 2.05) is 50.2 Å². The Morgan fingerprint density at radius 2 is 2.00 bits per heavy atom. The Kier molecular flexibility index (Phi) is 4.03. The molecular weight excluding hydrogens is 252 g/mol. The Bertz CT molecular complexity index is 621. The highest BCUT2D eigenvalue weighted by atomic mass is 16.4. The van der Waals surface area contributed by atoms with Crippen molar-refractivity contribution in [3.05, 3.63) is 58.9 Å². The van der Waals surface area contributed by atoms with Crippen LogP contribution in [0.1, 0.15) is 27.2 Å². The lowest BCUT2D eigenvalue weighted by Gasteiger charge is -2.22. The van der Waals surface area contributed by atoms with Gasteiger partial charge < -0.3 is 10.0 Å². The van der Waals surface area contributed by atoms with Gasteiger partial charge in [-0.2, -0.15) is 0 Å².